The van der Waals surface area contributed by atoms with Gasteiger partial charge in [-0.1, -0.05) is 13.8 Å². The molecule has 0 radical (unpaired) electrons. The highest BCUT2D eigenvalue weighted by molar-refractivity contribution is 8.12. The molecule has 0 saturated heterocycles. The zero-order chi connectivity index (χ0) is 17.3. The Bertz CT molecular complexity index is 702. The monoisotopic (exact) mass is 390 g/mol. The fourth-order valence-electron chi connectivity index (χ4n) is 1.35. The summed E-state index contributed by atoms with van der Waals surface area (Å²) in [6, 6.07) is 0. The Labute approximate surface area is 123 Å². The summed E-state index contributed by atoms with van der Waals surface area (Å²) < 4.78 is 106. The molecule has 2 N–H and O–H groups in total. The molecule has 11 nitrogen and oxygen atoms in total. The number of rotatable bonds is 8. The quantitative estimate of drug-likeness (QED) is 0.479. The van der Waals surface area contributed by atoms with Crippen LogP contribution in [-0.2, 0) is 44.1 Å². The highest BCUT2D eigenvalue weighted by Gasteiger charge is 2.45. The molecule has 2 unspecified atom stereocenters. The van der Waals surface area contributed by atoms with Crippen molar-refractivity contribution in [1.82, 2.24) is 0 Å². The maximum absolute atomic E-state index is 11.6. The lowest BCUT2D eigenvalue weighted by atomic mass is 10.6. The summed E-state index contributed by atoms with van der Waals surface area (Å²) in [6.45, 7) is 2.01. The molecule has 15 heteroatoms. The second-order valence-corrected chi connectivity index (χ2v) is 11.2. The summed E-state index contributed by atoms with van der Waals surface area (Å²) in [5.74, 6) is 0. The SMILES string of the molecule is CCC(S(=O)(=O)O)S(=O)(=O)OS(=O)(=O)C(CC)S(=O)(=O)O. The van der Waals surface area contributed by atoms with Crippen LogP contribution in [0.2, 0.25) is 0 Å². The Balaban J connectivity index is 5.86. The lowest BCUT2D eigenvalue weighted by Gasteiger charge is -2.15. The van der Waals surface area contributed by atoms with E-state index in [2.05, 4.69) is 3.63 Å². The van der Waals surface area contributed by atoms with Gasteiger partial charge in [-0.3, -0.25) is 9.11 Å². The van der Waals surface area contributed by atoms with Crippen LogP contribution in [0.1, 0.15) is 26.7 Å². The third-order valence-corrected chi connectivity index (χ3v) is 10.5. The summed E-state index contributed by atoms with van der Waals surface area (Å²) in [7, 11) is -21.2. The maximum Gasteiger partial charge on any atom is 0.301 e. The summed E-state index contributed by atoms with van der Waals surface area (Å²) in [5, 5.41) is 0. The van der Waals surface area contributed by atoms with E-state index in [4.69, 9.17) is 9.11 Å². The van der Waals surface area contributed by atoms with Crippen molar-refractivity contribution in [2.24, 2.45) is 0 Å². The minimum absolute atomic E-state index is 0.751. The van der Waals surface area contributed by atoms with Crippen LogP contribution >= 0.6 is 0 Å². The molecule has 0 rings (SSSR count). The second kappa shape index (κ2) is 6.43. The van der Waals surface area contributed by atoms with Crippen LogP contribution in [0, 0.1) is 0 Å². The van der Waals surface area contributed by atoms with Crippen molar-refractivity contribution in [3.63, 3.8) is 0 Å². The van der Waals surface area contributed by atoms with Gasteiger partial charge in [0.2, 0.25) is 9.16 Å². The Morgan fingerprint density at radius 2 is 0.952 bits per heavy atom. The van der Waals surface area contributed by atoms with Crippen molar-refractivity contribution >= 4 is 40.5 Å². The Hall–Kier alpha value is -0.320. The van der Waals surface area contributed by atoms with Crippen molar-refractivity contribution in [3.05, 3.63) is 0 Å². The minimum Gasteiger partial charge on any atom is -0.284 e. The standard InChI is InChI=1S/C6H14O11S4/c1-3-5(18(7,8)9)20(13,14)17-21(15,16)6(4-2)19(10,11)12/h5-6H,3-4H2,1-2H3,(H,7,8,9)(H,10,11,12). The molecule has 0 amide bonds. The molecule has 0 aliphatic heterocycles. The highest BCUT2D eigenvalue weighted by atomic mass is 32.3. The van der Waals surface area contributed by atoms with Gasteiger partial charge in [0.05, 0.1) is 0 Å². The average Bonchev–Trinajstić information content (AvgIpc) is 2.10. The van der Waals surface area contributed by atoms with E-state index in [0.29, 0.717) is 0 Å². The Morgan fingerprint density at radius 1 is 0.714 bits per heavy atom. The largest absolute Gasteiger partial charge is 0.301 e. The molecular weight excluding hydrogens is 376 g/mol. The average molecular weight is 390 g/mol. The minimum atomic E-state index is -5.40. The van der Waals surface area contributed by atoms with Crippen LogP contribution in [0.5, 0.6) is 0 Å². The van der Waals surface area contributed by atoms with Crippen LogP contribution < -0.4 is 0 Å². The fraction of sp³-hybridized carbons (Fsp3) is 1.00. The van der Waals surface area contributed by atoms with E-state index in [1.165, 1.54) is 0 Å². The molecular formula is C6H14O11S4. The molecule has 0 aromatic carbocycles. The smallest absolute Gasteiger partial charge is 0.284 e. The lowest BCUT2D eigenvalue weighted by Crippen LogP contribution is -2.37. The number of hydrogen-bond donors (Lipinski definition) is 2. The normalized spacial score (nSPS) is 17.3. The number of hydrogen-bond acceptors (Lipinski definition) is 9. The van der Waals surface area contributed by atoms with Gasteiger partial charge < -0.3 is 0 Å². The summed E-state index contributed by atoms with van der Waals surface area (Å²) in [5.41, 5.74) is 0. The predicted octanol–water partition coefficient (Wildman–Crippen LogP) is -1.09. The van der Waals surface area contributed by atoms with Crippen molar-refractivity contribution < 1.29 is 46.4 Å². The molecule has 0 bridgehead atoms. The maximum atomic E-state index is 11.6. The van der Waals surface area contributed by atoms with Gasteiger partial charge in [-0.2, -0.15) is 33.7 Å². The van der Waals surface area contributed by atoms with Crippen molar-refractivity contribution in [2.45, 2.75) is 35.9 Å². The molecule has 2 atom stereocenters. The Kier molecular flexibility index (Phi) is 6.33. The third kappa shape index (κ3) is 5.42. The van der Waals surface area contributed by atoms with Gasteiger partial charge in [-0.25, -0.2) is 0 Å². The van der Waals surface area contributed by atoms with Crippen molar-refractivity contribution in [2.75, 3.05) is 0 Å². The van der Waals surface area contributed by atoms with Crippen LogP contribution in [0.3, 0.4) is 0 Å². The topological polar surface area (TPSA) is 186 Å². The third-order valence-electron chi connectivity index (χ3n) is 2.16. The van der Waals surface area contributed by atoms with Crippen LogP contribution in [0.4, 0.5) is 0 Å². The summed E-state index contributed by atoms with van der Waals surface area (Å²) >= 11 is 0. The first-order chi connectivity index (χ1) is 9.09. The molecule has 21 heavy (non-hydrogen) atoms. The van der Waals surface area contributed by atoms with Gasteiger partial charge in [0, 0.05) is 0 Å². The van der Waals surface area contributed by atoms with E-state index in [1.807, 2.05) is 0 Å². The van der Waals surface area contributed by atoms with E-state index >= 15 is 0 Å². The van der Waals surface area contributed by atoms with E-state index in [-0.39, 0.29) is 0 Å². The molecule has 0 fully saturated rings. The molecule has 0 aromatic heterocycles. The van der Waals surface area contributed by atoms with Crippen molar-refractivity contribution in [3.8, 4) is 0 Å². The van der Waals surface area contributed by atoms with Gasteiger partial charge >= 0.3 is 20.2 Å². The molecule has 0 aliphatic carbocycles. The molecule has 0 heterocycles. The van der Waals surface area contributed by atoms with Gasteiger partial charge in [-0.15, -0.1) is 3.63 Å². The van der Waals surface area contributed by atoms with E-state index in [9.17, 15) is 33.7 Å². The van der Waals surface area contributed by atoms with E-state index in [0.717, 1.165) is 13.8 Å². The van der Waals surface area contributed by atoms with Crippen molar-refractivity contribution in [1.29, 1.82) is 0 Å². The zero-order valence-electron chi connectivity index (χ0n) is 10.8. The molecule has 0 saturated carbocycles. The fourth-order valence-corrected chi connectivity index (χ4v) is 7.72. The molecule has 0 aliphatic rings. The summed E-state index contributed by atoms with van der Waals surface area (Å²) in [4.78, 5) is 0. The predicted molar refractivity (Wildman–Crippen MR) is 70.2 cm³/mol. The van der Waals surface area contributed by atoms with Gasteiger partial charge in [0.25, 0.3) is 20.2 Å². The molecule has 128 valence electrons. The Morgan fingerprint density at radius 3 is 1.10 bits per heavy atom. The van der Waals surface area contributed by atoms with Crippen LogP contribution in [0.15, 0.2) is 0 Å². The second-order valence-electron chi connectivity index (χ2n) is 3.76. The highest BCUT2D eigenvalue weighted by Crippen LogP contribution is 2.22. The first kappa shape index (κ1) is 20.7. The first-order valence-corrected chi connectivity index (χ1v) is 11.2. The van der Waals surface area contributed by atoms with Gasteiger partial charge in [-0.05, 0) is 12.8 Å². The zero-order valence-corrected chi connectivity index (χ0v) is 14.0. The van der Waals surface area contributed by atoms with Crippen LogP contribution in [0.25, 0.3) is 0 Å². The molecule has 0 spiro atoms. The van der Waals surface area contributed by atoms with E-state index in [1.54, 1.807) is 0 Å². The van der Waals surface area contributed by atoms with Gasteiger partial charge in [0.15, 0.2) is 0 Å². The molecule has 0 aromatic rings. The lowest BCUT2D eigenvalue weighted by molar-refractivity contribution is 0.438. The summed E-state index contributed by atoms with van der Waals surface area (Å²) in [6.07, 6.45) is -1.50. The van der Waals surface area contributed by atoms with E-state index < -0.39 is 62.5 Å². The first-order valence-electron chi connectivity index (χ1n) is 5.21. The van der Waals surface area contributed by atoms with Gasteiger partial charge in [0.1, 0.15) is 0 Å². The van der Waals surface area contributed by atoms with Crippen LogP contribution in [-0.4, -0.2) is 51.9 Å².